The van der Waals surface area contributed by atoms with Crippen molar-refractivity contribution in [1.29, 1.82) is 0 Å². The molecule has 3 aromatic rings. The van der Waals surface area contributed by atoms with E-state index in [2.05, 4.69) is 44.5 Å². The van der Waals surface area contributed by atoms with Gasteiger partial charge in [0, 0.05) is 30.7 Å². The summed E-state index contributed by atoms with van der Waals surface area (Å²) < 4.78 is 13.8. The quantitative estimate of drug-likeness (QED) is 0.795. The van der Waals surface area contributed by atoms with Gasteiger partial charge in [-0.3, -0.25) is 0 Å². The van der Waals surface area contributed by atoms with Gasteiger partial charge < -0.3 is 10.2 Å². The highest BCUT2D eigenvalue weighted by Gasteiger charge is 2.22. The molecule has 1 N–H and O–H groups in total. The van der Waals surface area contributed by atoms with Crippen LogP contribution in [-0.4, -0.2) is 29.6 Å². The first-order chi connectivity index (χ1) is 11.8. The van der Waals surface area contributed by atoms with Crippen molar-refractivity contribution >= 4 is 22.4 Å². The predicted octanol–water partition coefficient (Wildman–Crippen LogP) is 3.71. The maximum absolute atomic E-state index is 13.8. The van der Waals surface area contributed by atoms with Crippen LogP contribution in [0, 0.1) is 11.7 Å². The number of nitrogens with one attached hydrogen (secondary N) is 1. The number of hydrogen-bond acceptors (Lipinski definition) is 4. The zero-order chi connectivity index (χ0) is 16.4. The van der Waals surface area contributed by atoms with Crippen molar-refractivity contribution in [2.75, 3.05) is 29.9 Å². The summed E-state index contributed by atoms with van der Waals surface area (Å²) in [5, 5.41) is 4.12. The average Bonchev–Trinajstić information content (AvgIpc) is 3.10. The summed E-state index contributed by atoms with van der Waals surface area (Å²) in [5.74, 6) is 0.940. The van der Waals surface area contributed by atoms with Gasteiger partial charge in [-0.25, -0.2) is 14.4 Å². The van der Waals surface area contributed by atoms with Crippen LogP contribution >= 0.6 is 0 Å². The molecule has 5 heteroatoms. The number of hydrogen-bond donors (Lipinski definition) is 1. The van der Waals surface area contributed by atoms with E-state index in [4.69, 9.17) is 0 Å². The standard InChI is InChI=1S/C19H19FN4/c20-17-8-4-7-16-18(17)22-13-23-19(16)21-11-14-9-10-24(12-14)15-5-2-1-3-6-15/h1-8,13-14H,9-12H2,(H,21,22,23). The second-order valence-corrected chi connectivity index (χ2v) is 6.18. The molecule has 4 rings (SSSR count). The number of fused-ring (bicyclic) bond motifs is 1. The number of aromatic nitrogens is 2. The first-order valence-electron chi connectivity index (χ1n) is 8.24. The Labute approximate surface area is 140 Å². The van der Waals surface area contributed by atoms with E-state index in [1.807, 2.05) is 12.1 Å². The lowest BCUT2D eigenvalue weighted by atomic mass is 10.1. The molecule has 2 heterocycles. The van der Waals surface area contributed by atoms with Crippen LogP contribution in [-0.2, 0) is 0 Å². The van der Waals surface area contributed by atoms with E-state index in [1.165, 1.54) is 18.1 Å². The Bertz CT molecular complexity index is 837. The number of anilines is 2. The first kappa shape index (κ1) is 14.9. The lowest BCUT2D eigenvalue weighted by Gasteiger charge is -2.19. The molecule has 1 aromatic heterocycles. The van der Waals surface area contributed by atoms with Gasteiger partial charge in [0.25, 0.3) is 0 Å². The Morgan fingerprint density at radius 2 is 1.96 bits per heavy atom. The third-order valence-electron chi connectivity index (χ3n) is 4.58. The molecule has 1 fully saturated rings. The molecular formula is C19H19FN4. The molecule has 0 amide bonds. The van der Waals surface area contributed by atoms with Gasteiger partial charge in [-0.1, -0.05) is 24.3 Å². The molecule has 1 saturated heterocycles. The average molecular weight is 322 g/mol. The Morgan fingerprint density at radius 3 is 2.83 bits per heavy atom. The van der Waals surface area contributed by atoms with E-state index in [9.17, 15) is 4.39 Å². The van der Waals surface area contributed by atoms with Gasteiger partial charge in [0.1, 0.15) is 23.5 Å². The maximum Gasteiger partial charge on any atom is 0.149 e. The van der Waals surface area contributed by atoms with Crippen LogP contribution in [0.15, 0.2) is 54.9 Å². The summed E-state index contributed by atoms with van der Waals surface area (Å²) in [6.07, 6.45) is 2.55. The van der Waals surface area contributed by atoms with Gasteiger partial charge in [0.2, 0.25) is 0 Å². The van der Waals surface area contributed by atoms with Crippen molar-refractivity contribution < 1.29 is 4.39 Å². The largest absolute Gasteiger partial charge is 0.371 e. The van der Waals surface area contributed by atoms with Crippen molar-refractivity contribution in [2.45, 2.75) is 6.42 Å². The van der Waals surface area contributed by atoms with E-state index in [0.717, 1.165) is 31.4 Å². The summed E-state index contributed by atoms with van der Waals surface area (Å²) in [6.45, 7) is 2.91. The molecule has 122 valence electrons. The topological polar surface area (TPSA) is 41.0 Å². The number of nitrogens with zero attached hydrogens (tertiary/aromatic N) is 3. The molecule has 1 aliphatic heterocycles. The minimum Gasteiger partial charge on any atom is -0.371 e. The van der Waals surface area contributed by atoms with E-state index in [0.29, 0.717) is 17.3 Å². The molecule has 0 saturated carbocycles. The van der Waals surface area contributed by atoms with Crippen LogP contribution in [0.4, 0.5) is 15.9 Å². The molecule has 1 atom stereocenters. The first-order valence-corrected chi connectivity index (χ1v) is 8.24. The lowest BCUT2D eigenvalue weighted by Crippen LogP contribution is -2.22. The summed E-state index contributed by atoms with van der Waals surface area (Å²) in [4.78, 5) is 10.7. The predicted molar refractivity (Wildman–Crippen MR) is 94.7 cm³/mol. The Kier molecular flexibility index (Phi) is 3.99. The van der Waals surface area contributed by atoms with E-state index in [-0.39, 0.29) is 5.82 Å². The van der Waals surface area contributed by atoms with Crippen LogP contribution in [0.3, 0.4) is 0 Å². The molecule has 24 heavy (non-hydrogen) atoms. The third-order valence-corrected chi connectivity index (χ3v) is 4.58. The lowest BCUT2D eigenvalue weighted by molar-refractivity contribution is 0.621. The minimum atomic E-state index is -0.311. The third kappa shape index (κ3) is 2.89. The van der Waals surface area contributed by atoms with Crippen LogP contribution in [0.1, 0.15) is 6.42 Å². The smallest absolute Gasteiger partial charge is 0.149 e. The molecular weight excluding hydrogens is 303 g/mol. The van der Waals surface area contributed by atoms with E-state index < -0.39 is 0 Å². The van der Waals surface area contributed by atoms with Gasteiger partial charge >= 0.3 is 0 Å². The Balaban J connectivity index is 1.44. The van der Waals surface area contributed by atoms with Gasteiger partial charge in [-0.05, 0) is 36.6 Å². The molecule has 1 unspecified atom stereocenters. The molecule has 1 aliphatic rings. The van der Waals surface area contributed by atoms with Crippen molar-refractivity contribution in [2.24, 2.45) is 5.92 Å². The second-order valence-electron chi connectivity index (χ2n) is 6.18. The second kappa shape index (κ2) is 6.43. The highest BCUT2D eigenvalue weighted by Crippen LogP contribution is 2.25. The van der Waals surface area contributed by atoms with Gasteiger partial charge in [-0.15, -0.1) is 0 Å². The van der Waals surface area contributed by atoms with Gasteiger partial charge in [0.05, 0.1) is 0 Å². The van der Waals surface area contributed by atoms with Crippen LogP contribution in [0.2, 0.25) is 0 Å². The number of para-hydroxylation sites is 2. The zero-order valence-corrected chi connectivity index (χ0v) is 13.3. The van der Waals surface area contributed by atoms with E-state index >= 15 is 0 Å². The van der Waals surface area contributed by atoms with Gasteiger partial charge in [0.15, 0.2) is 0 Å². The van der Waals surface area contributed by atoms with Crippen LogP contribution in [0.25, 0.3) is 10.9 Å². The van der Waals surface area contributed by atoms with Crippen molar-refractivity contribution in [1.82, 2.24) is 9.97 Å². The molecule has 0 radical (unpaired) electrons. The van der Waals surface area contributed by atoms with Crippen molar-refractivity contribution in [3.05, 3.63) is 60.7 Å². The number of halogens is 1. The summed E-state index contributed by atoms with van der Waals surface area (Å²) in [6, 6.07) is 15.5. The summed E-state index contributed by atoms with van der Waals surface area (Å²) >= 11 is 0. The molecule has 0 bridgehead atoms. The summed E-state index contributed by atoms with van der Waals surface area (Å²) in [7, 11) is 0. The Hall–Kier alpha value is -2.69. The van der Waals surface area contributed by atoms with Crippen molar-refractivity contribution in [3.8, 4) is 0 Å². The highest BCUT2D eigenvalue weighted by molar-refractivity contribution is 5.89. The number of rotatable bonds is 4. The zero-order valence-electron chi connectivity index (χ0n) is 13.3. The van der Waals surface area contributed by atoms with E-state index in [1.54, 1.807) is 6.07 Å². The number of benzene rings is 2. The molecule has 2 aromatic carbocycles. The highest BCUT2D eigenvalue weighted by atomic mass is 19.1. The molecule has 4 nitrogen and oxygen atoms in total. The summed E-state index contributed by atoms with van der Waals surface area (Å²) in [5.41, 5.74) is 1.64. The molecule has 0 aliphatic carbocycles. The fraction of sp³-hybridized carbons (Fsp3) is 0.263. The fourth-order valence-electron chi connectivity index (χ4n) is 3.31. The van der Waals surface area contributed by atoms with Crippen molar-refractivity contribution in [3.63, 3.8) is 0 Å². The SMILES string of the molecule is Fc1cccc2c(NCC3CCN(c4ccccc4)C3)ncnc12. The Morgan fingerprint density at radius 1 is 1.08 bits per heavy atom. The monoisotopic (exact) mass is 322 g/mol. The normalized spacial score (nSPS) is 17.4. The fourth-order valence-corrected chi connectivity index (χ4v) is 3.31. The van der Waals surface area contributed by atoms with Crippen LogP contribution in [0.5, 0.6) is 0 Å². The maximum atomic E-state index is 13.8. The van der Waals surface area contributed by atoms with Gasteiger partial charge in [-0.2, -0.15) is 0 Å². The molecule has 0 spiro atoms. The minimum absolute atomic E-state index is 0.311. The van der Waals surface area contributed by atoms with Crippen LogP contribution < -0.4 is 10.2 Å².